The van der Waals surface area contributed by atoms with Crippen molar-refractivity contribution in [1.82, 2.24) is 0 Å². The Morgan fingerprint density at radius 1 is 0.929 bits per heavy atom. The molecule has 5 atom stereocenters. The third-order valence-electron chi connectivity index (χ3n) is 9.65. The highest BCUT2D eigenvalue weighted by molar-refractivity contribution is 6.74. The number of benzene rings is 1. The molecule has 0 radical (unpaired) electrons. The lowest BCUT2D eigenvalue weighted by Crippen LogP contribution is -2.53. The van der Waals surface area contributed by atoms with E-state index in [0.29, 0.717) is 13.0 Å². The minimum atomic E-state index is -2.00. The first-order valence-electron chi connectivity index (χ1n) is 16.4. The van der Waals surface area contributed by atoms with Gasteiger partial charge in [-0.25, -0.2) is 0 Å². The molecule has 1 saturated heterocycles. The van der Waals surface area contributed by atoms with Crippen LogP contribution in [0.5, 0.6) is 5.75 Å². The van der Waals surface area contributed by atoms with Crippen molar-refractivity contribution in [2.24, 2.45) is 5.92 Å². The highest BCUT2D eigenvalue weighted by atomic mass is 28.4. The number of esters is 1. The molecule has 0 amide bonds. The monoisotopic (exact) mass is 618 g/mol. The van der Waals surface area contributed by atoms with Gasteiger partial charge in [0.2, 0.25) is 0 Å². The molecule has 1 aliphatic heterocycles. The SMILES string of the molecule is CC#C[C@H](O[Si](CC)(CC)CC)[C@@H](O[Si](CC)(CC)CC)[C@H](C)[C@@H](CCC[C@@H]1CC(=O)O1)OCc1ccc(OC)cc1. The molecule has 1 fully saturated rings. The van der Waals surface area contributed by atoms with Gasteiger partial charge in [0.15, 0.2) is 16.6 Å². The van der Waals surface area contributed by atoms with Crippen LogP contribution in [0, 0.1) is 17.8 Å². The number of ether oxygens (including phenoxy) is 3. The van der Waals surface area contributed by atoms with Crippen molar-refractivity contribution in [2.75, 3.05) is 7.11 Å². The zero-order valence-corrected chi connectivity index (χ0v) is 29.9. The highest BCUT2D eigenvalue weighted by Gasteiger charge is 2.43. The van der Waals surface area contributed by atoms with E-state index in [1.54, 1.807) is 7.11 Å². The van der Waals surface area contributed by atoms with E-state index in [-0.39, 0.29) is 36.3 Å². The van der Waals surface area contributed by atoms with E-state index in [0.717, 1.165) is 66.8 Å². The lowest BCUT2D eigenvalue weighted by Gasteiger charge is -2.43. The lowest BCUT2D eigenvalue weighted by atomic mass is 9.90. The van der Waals surface area contributed by atoms with Crippen molar-refractivity contribution in [3.63, 3.8) is 0 Å². The summed E-state index contributed by atoms with van der Waals surface area (Å²) in [6.07, 6.45) is 2.67. The number of methoxy groups -OCH3 is 1. The number of cyclic esters (lactones) is 1. The molecule has 0 spiro atoms. The molecule has 42 heavy (non-hydrogen) atoms. The van der Waals surface area contributed by atoms with Crippen LogP contribution < -0.4 is 4.74 Å². The maximum atomic E-state index is 11.4. The molecule has 1 aromatic carbocycles. The second kappa shape index (κ2) is 18.2. The summed E-state index contributed by atoms with van der Waals surface area (Å²) < 4.78 is 31.9. The van der Waals surface area contributed by atoms with Gasteiger partial charge in [0.1, 0.15) is 18.0 Å². The van der Waals surface area contributed by atoms with Crippen LogP contribution in [0.1, 0.15) is 86.6 Å². The molecule has 6 nitrogen and oxygen atoms in total. The Kier molecular flexibility index (Phi) is 15.9. The summed E-state index contributed by atoms with van der Waals surface area (Å²) in [5.74, 6) is 7.49. The minimum absolute atomic E-state index is 0.0368. The van der Waals surface area contributed by atoms with E-state index in [1.165, 1.54) is 0 Å². The van der Waals surface area contributed by atoms with Crippen LogP contribution in [0.3, 0.4) is 0 Å². The summed E-state index contributed by atoms with van der Waals surface area (Å²) in [5.41, 5.74) is 1.10. The zero-order chi connectivity index (χ0) is 31.2. The van der Waals surface area contributed by atoms with Crippen LogP contribution in [0.2, 0.25) is 36.3 Å². The second-order valence-corrected chi connectivity index (χ2v) is 21.3. The molecule has 238 valence electrons. The predicted octanol–water partition coefficient (Wildman–Crippen LogP) is 8.51. The fourth-order valence-corrected chi connectivity index (χ4v) is 11.7. The molecular weight excluding hydrogens is 561 g/mol. The number of hydrogen-bond donors (Lipinski definition) is 0. The largest absolute Gasteiger partial charge is 0.497 e. The van der Waals surface area contributed by atoms with Gasteiger partial charge in [-0.2, -0.15) is 0 Å². The van der Waals surface area contributed by atoms with E-state index in [4.69, 9.17) is 23.1 Å². The molecular formula is C34H58O6Si2. The Bertz CT molecular complexity index is 955. The van der Waals surface area contributed by atoms with Crippen molar-refractivity contribution in [2.45, 2.75) is 148 Å². The van der Waals surface area contributed by atoms with E-state index in [9.17, 15) is 4.79 Å². The Hall–Kier alpha value is -1.64. The van der Waals surface area contributed by atoms with E-state index in [2.05, 4.69) is 72.4 Å². The number of hydrogen-bond acceptors (Lipinski definition) is 6. The summed E-state index contributed by atoms with van der Waals surface area (Å²) >= 11 is 0. The topological polar surface area (TPSA) is 63.2 Å². The van der Waals surface area contributed by atoms with Crippen molar-refractivity contribution in [3.8, 4) is 17.6 Å². The van der Waals surface area contributed by atoms with Gasteiger partial charge in [0.05, 0.1) is 32.3 Å². The van der Waals surface area contributed by atoms with Crippen LogP contribution >= 0.6 is 0 Å². The fourth-order valence-electron chi connectivity index (χ4n) is 6.03. The summed E-state index contributed by atoms with van der Waals surface area (Å²) in [4.78, 5) is 11.4. The quantitative estimate of drug-likeness (QED) is 0.0782. The lowest BCUT2D eigenvalue weighted by molar-refractivity contribution is -0.170. The van der Waals surface area contributed by atoms with Gasteiger partial charge < -0.3 is 23.1 Å². The average Bonchev–Trinajstić information content (AvgIpc) is 3.01. The van der Waals surface area contributed by atoms with Crippen LogP contribution in [0.25, 0.3) is 0 Å². The molecule has 0 aromatic heterocycles. The Balaban J connectivity index is 2.42. The first kappa shape index (κ1) is 36.6. The van der Waals surface area contributed by atoms with Crippen LogP contribution in [-0.4, -0.2) is 54.1 Å². The van der Waals surface area contributed by atoms with Gasteiger partial charge in [0.25, 0.3) is 0 Å². The Morgan fingerprint density at radius 2 is 1.48 bits per heavy atom. The van der Waals surface area contributed by atoms with Gasteiger partial charge in [-0.05, 0) is 80.1 Å². The van der Waals surface area contributed by atoms with Crippen LogP contribution in [-0.2, 0) is 29.7 Å². The summed E-state index contributed by atoms with van der Waals surface area (Å²) in [5, 5.41) is 0. The minimum Gasteiger partial charge on any atom is -0.497 e. The third kappa shape index (κ3) is 10.2. The molecule has 0 unspecified atom stereocenters. The average molecular weight is 619 g/mol. The van der Waals surface area contributed by atoms with Crippen molar-refractivity contribution in [1.29, 1.82) is 0 Å². The molecule has 0 bridgehead atoms. The van der Waals surface area contributed by atoms with E-state index >= 15 is 0 Å². The molecule has 1 aromatic rings. The van der Waals surface area contributed by atoms with Gasteiger partial charge in [-0.3, -0.25) is 4.79 Å². The second-order valence-electron chi connectivity index (χ2n) is 11.8. The number of carbonyl (C=O) groups excluding carboxylic acids is 1. The zero-order valence-electron chi connectivity index (χ0n) is 27.9. The maximum Gasteiger partial charge on any atom is 0.309 e. The first-order chi connectivity index (χ1) is 20.2. The fraction of sp³-hybridized carbons (Fsp3) is 0.735. The Labute approximate surface area is 258 Å². The van der Waals surface area contributed by atoms with Crippen LogP contribution in [0.15, 0.2) is 24.3 Å². The summed E-state index contributed by atoms with van der Waals surface area (Å²) in [6, 6.07) is 14.5. The van der Waals surface area contributed by atoms with E-state index in [1.807, 2.05) is 19.1 Å². The summed E-state index contributed by atoms with van der Waals surface area (Å²) in [6.45, 7) is 18.3. The van der Waals surface area contributed by atoms with E-state index < -0.39 is 16.6 Å². The maximum absolute atomic E-state index is 11.4. The highest BCUT2D eigenvalue weighted by Crippen LogP contribution is 2.34. The van der Waals surface area contributed by atoms with Gasteiger partial charge in [0, 0.05) is 5.92 Å². The molecule has 0 N–H and O–H groups in total. The molecule has 1 heterocycles. The van der Waals surface area contributed by atoms with Crippen molar-refractivity contribution >= 4 is 22.6 Å². The molecule has 0 aliphatic carbocycles. The van der Waals surface area contributed by atoms with Crippen LogP contribution in [0.4, 0.5) is 0 Å². The summed E-state index contributed by atoms with van der Waals surface area (Å²) in [7, 11) is -2.28. The van der Waals surface area contributed by atoms with Gasteiger partial charge in [-0.15, -0.1) is 5.92 Å². The van der Waals surface area contributed by atoms with Gasteiger partial charge >= 0.3 is 5.97 Å². The van der Waals surface area contributed by atoms with Crippen molar-refractivity contribution < 1.29 is 27.9 Å². The number of carbonyl (C=O) groups is 1. The predicted molar refractivity (Wildman–Crippen MR) is 177 cm³/mol. The molecule has 2 rings (SSSR count). The smallest absolute Gasteiger partial charge is 0.309 e. The van der Waals surface area contributed by atoms with Crippen molar-refractivity contribution in [3.05, 3.63) is 29.8 Å². The normalized spacial score (nSPS) is 18.2. The Morgan fingerprint density at radius 3 is 1.95 bits per heavy atom. The van der Waals surface area contributed by atoms with Gasteiger partial charge in [-0.1, -0.05) is 66.5 Å². The molecule has 8 heteroatoms. The molecule has 0 saturated carbocycles. The number of rotatable bonds is 21. The molecule has 1 aliphatic rings. The standard InChI is InChI=1S/C34H58O6Si2/c1-10-18-32(39-41(11-2,12-3)13-4)34(40-42(14-5,15-6)16-7)27(8)31(20-17-19-30-25-33(35)38-30)37-26-28-21-23-29(36-9)24-22-28/h21-24,27,30-32,34H,11-17,19-20,25-26H2,1-9H3/t27-,30-,31-,32+,34+/m1/s1. The first-order valence-corrected chi connectivity index (χ1v) is 21.5. The third-order valence-corrected chi connectivity index (χ3v) is 18.9.